The fourth-order valence-electron chi connectivity index (χ4n) is 2.36. The molecule has 3 N–H and O–H groups in total. The molecular weight excluding hydrogens is 292 g/mol. The van der Waals surface area contributed by atoms with E-state index in [1.807, 2.05) is 0 Å². The number of Topliss-reactive ketones (excluding diaryl/α,β-unsaturated/α-hetero) is 2. The maximum atomic E-state index is 12.7. The van der Waals surface area contributed by atoms with E-state index in [9.17, 15) is 14.4 Å². The monoisotopic (exact) mass is 316 g/mol. The molecular formula is C18H24N2O3. The van der Waals surface area contributed by atoms with Crippen molar-refractivity contribution in [1.82, 2.24) is 5.32 Å². The molecule has 0 saturated heterocycles. The maximum Gasteiger partial charge on any atom is 0.223 e. The van der Waals surface area contributed by atoms with Crippen LogP contribution in [0.5, 0.6) is 0 Å². The van der Waals surface area contributed by atoms with Crippen molar-refractivity contribution in [1.29, 1.82) is 0 Å². The van der Waals surface area contributed by atoms with E-state index in [2.05, 4.69) is 5.32 Å². The van der Waals surface area contributed by atoms with Crippen LogP contribution < -0.4 is 11.1 Å². The second-order valence-corrected chi connectivity index (χ2v) is 6.97. The molecule has 5 heteroatoms. The van der Waals surface area contributed by atoms with Crippen molar-refractivity contribution < 1.29 is 14.4 Å². The van der Waals surface area contributed by atoms with Gasteiger partial charge in [0.25, 0.3) is 0 Å². The molecule has 124 valence electrons. The predicted molar refractivity (Wildman–Crippen MR) is 88.5 cm³/mol. The van der Waals surface area contributed by atoms with E-state index in [4.69, 9.17) is 5.73 Å². The minimum absolute atomic E-state index is 0.00664. The Hall–Kier alpha value is -2.17. The Kier molecular flexibility index (Phi) is 4.88. The molecule has 1 fully saturated rings. The van der Waals surface area contributed by atoms with Crippen molar-refractivity contribution in [2.24, 2.45) is 11.3 Å². The first-order valence-electron chi connectivity index (χ1n) is 7.90. The predicted octanol–water partition coefficient (Wildman–Crippen LogP) is 2.41. The molecule has 1 aromatic rings. The van der Waals surface area contributed by atoms with Crippen LogP contribution in [0.1, 0.15) is 51.6 Å². The average molecular weight is 316 g/mol. The van der Waals surface area contributed by atoms with Gasteiger partial charge in [-0.1, -0.05) is 26.0 Å². The van der Waals surface area contributed by atoms with Gasteiger partial charge in [0.2, 0.25) is 5.91 Å². The van der Waals surface area contributed by atoms with Crippen molar-refractivity contribution in [3.05, 3.63) is 29.8 Å². The summed E-state index contributed by atoms with van der Waals surface area (Å²) in [5.74, 6) is -0.325. The number of carbonyl (C=O) groups excluding carboxylic acids is 3. The Balaban J connectivity index is 2.23. The minimum Gasteiger partial charge on any atom is -0.399 e. The van der Waals surface area contributed by atoms with Crippen molar-refractivity contribution in [3.8, 4) is 0 Å². The summed E-state index contributed by atoms with van der Waals surface area (Å²) < 4.78 is 0. The third-order valence-corrected chi connectivity index (χ3v) is 4.37. The largest absolute Gasteiger partial charge is 0.399 e. The third-order valence-electron chi connectivity index (χ3n) is 4.37. The number of nitrogens with one attached hydrogen (secondary N) is 1. The van der Waals surface area contributed by atoms with E-state index in [-0.39, 0.29) is 29.8 Å². The summed E-state index contributed by atoms with van der Waals surface area (Å²) in [5, 5.41) is 2.83. The fraction of sp³-hybridized carbons (Fsp3) is 0.500. The van der Waals surface area contributed by atoms with Crippen molar-refractivity contribution in [2.75, 3.05) is 5.73 Å². The number of amides is 1. The third kappa shape index (κ3) is 4.41. The lowest BCUT2D eigenvalue weighted by atomic mass is 9.81. The van der Waals surface area contributed by atoms with Gasteiger partial charge in [0.05, 0.1) is 0 Å². The summed E-state index contributed by atoms with van der Waals surface area (Å²) in [6, 6.07) is 6.19. The molecule has 1 aliphatic rings. The van der Waals surface area contributed by atoms with Crippen LogP contribution in [0.3, 0.4) is 0 Å². The second kappa shape index (κ2) is 6.52. The molecule has 1 saturated carbocycles. The quantitative estimate of drug-likeness (QED) is 0.756. The van der Waals surface area contributed by atoms with Gasteiger partial charge in [0.15, 0.2) is 5.78 Å². The Bertz CT molecular complexity index is 633. The van der Waals surface area contributed by atoms with Gasteiger partial charge in [0, 0.05) is 23.4 Å². The number of ketones is 2. The number of benzene rings is 1. The molecule has 1 aromatic carbocycles. The van der Waals surface area contributed by atoms with Gasteiger partial charge < -0.3 is 11.1 Å². The zero-order valence-corrected chi connectivity index (χ0v) is 13.9. The number of rotatable bonds is 7. The van der Waals surface area contributed by atoms with Gasteiger partial charge in [-0.15, -0.1) is 0 Å². The molecule has 1 amide bonds. The van der Waals surface area contributed by atoms with E-state index >= 15 is 0 Å². The van der Waals surface area contributed by atoms with Gasteiger partial charge in [-0.2, -0.15) is 0 Å². The zero-order valence-electron chi connectivity index (χ0n) is 13.9. The molecule has 1 atom stereocenters. The molecule has 0 radical (unpaired) electrons. The fourth-order valence-corrected chi connectivity index (χ4v) is 2.36. The second-order valence-electron chi connectivity index (χ2n) is 6.97. The number of hydrogen-bond donors (Lipinski definition) is 2. The summed E-state index contributed by atoms with van der Waals surface area (Å²) in [4.78, 5) is 36.6. The van der Waals surface area contributed by atoms with Crippen LogP contribution >= 0.6 is 0 Å². The standard InChI is InChI=1S/C18H24N2O3/c1-11(21)18(2,3)10-15(22)16(20-17(23)12-7-8-12)13-5-4-6-14(19)9-13/h4-6,9,12,16H,7-8,10,19H2,1-3H3,(H,20,23). The highest BCUT2D eigenvalue weighted by molar-refractivity contribution is 5.95. The SMILES string of the molecule is CC(=O)C(C)(C)CC(=O)C(NC(=O)C1CC1)c1cccc(N)c1. The first kappa shape index (κ1) is 17.2. The molecule has 1 unspecified atom stereocenters. The van der Waals surface area contributed by atoms with Crippen LogP contribution in [-0.4, -0.2) is 17.5 Å². The summed E-state index contributed by atoms with van der Waals surface area (Å²) in [7, 11) is 0. The van der Waals surface area contributed by atoms with Gasteiger partial charge in [-0.3, -0.25) is 14.4 Å². The molecule has 1 aliphatic carbocycles. The lowest BCUT2D eigenvalue weighted by molar-refractivity contribution is -0.133. The highest BCUT2D eigenvalue weighted by Crippen LogP contribution is 2.31. The molecule has 5 nitrogen and oxygen atoms in total. The number of hydrogen-bond acceptors (Lipinski definition) is 4. The van der Waals surface area contributed by atoms with Gasteiger partial charge >= 0.3 is 0 Å². The molecule has 0 spiro atoms. The zero-order chi connectivity index (χ0) is 17.2. The van der Waals surface area contributed by atoms with E-state index in [1.165, 1.54) is 6.92 Å². The lowest BCUT2D eigenvalue weighted by Crippen LogP contribution is -2.37. The normalized spacial score (nSPS) is 15.8. The molecule has 2 rings (SSSR count). The van der Waals surface area contributed by atoms with E-state index in [0.717, 1.165) is 12.8 Å². The maximum absolute atomic E-state index is 12.7. The Morgan fingerprint density at radius 1 is 1.30 bits per heavy atom. The topological polar surface area (TPSA) is 89.3 Å². The van der Waals surface area contributed by atoms with Gasteiger partial charge in [0.1, 0.15) is 11.8 Å². The van der Waals surface area contributed by atoms with Crippen molar-refractivity contribution in [2.45, 2.75) is 46.1 Å². The summed E-state index contributed by atoms with van der Waals surface area (Å²) >= 11 is 0. The smallest absolute Gasteiger partial charge is 0.223 e. The van der Waals surface area contributed by atoms with Crippen LogP contribution in [0.15, 0.2) is 24.3 Å². The van der Waals surface area contributed by atoms with Crippen molar-refractivity contribution >= 4 is 23.2 Å². The summed E-state index contributed by atoms with van der Waals surface area (Å²) in [6.45, 7) is 4.96. The first-order chi connectivity index (χ1) is 10.7. The molecule has 0 aromatic heterocycles. The lowest BCUT2D eigenvalue weighted by Gasteiger charge is -2.25. The number of nitrogen functional groups attached to an aromatic ring is 1. The Morgan fingerprint density at radius 3 is 2.48 bits per heavy atom. The van der Waals surface area contributed by atoms with Crippen LogP contribution in [0.2, 0.25) is 0 Å². The molecule has 0 heterocycles. The number of carbonyl (C=O) groups is 3. The molecule has 23 heavy (non-hydrogen) atoms. The number of anilines is 1. The Labute approximate surface area is 136 Å². The molecule has 0 bridgehead atoms. The highest BCUT2D eigenvalue weighted by Gasteiger charge is 2.35. The van der Waals surface area contributed by atoms with E-state index < -0.39 is 11.5 Å². The van der Waals surface area contributed by atoms with Gasteiger partial charge in [-0.25, -0.2) is 0 Å². The molecule has 0 aliphatic heterocycles. The summed E-state index contributed by atoms with van der Waals surface area (Å²) in [5.41, 5.74) is 6.24. The van der Waals surface area contributed by atoms with Gasteiger partial charge in [-0.05, 0) is 37.5 Å². The minimum atomic E-state index is -0.759. The van der Waals surface area contributed by atoms with E-state index in [1.54, 1.807) is 38.1 Å². The average Bonchev–Trinajstić information content (AvgIpc) is 3.28. The van der Waals surface area contributed by atoms with Crippen LogP contribution in [0.25, 0.3) is 0 Å². The summed E-state index contributed by atoms with van der Waals surface area (Å²) in [6.07, 6.45) is 1.80. The van der Waals surface area contributed by atoms with Crippen molar-refractivity contribution in [3.63, 3.8) is 0 Å². The van der Waals surface area contributed by atoms with Crippen LogP contribution in [0, 0.1) is 11.3 Å². The number of nitrogens with two attached hydrogens (primary N) is 1. The van der Waals surface area contributed by atoms with Crippen LogP contribution in [0.4, 0.5) is 5.69 Å². The van der Waals surface area contributed by atoms with E-state index in [0.29, 0.717) is 11.3 Å². The first-order valence-corrected chi connectivity index (χ1v) is 7.90. The van der Waals surface area contributed by atoms with Crippen LogP contribution in [-0.2, 0) is 14.4 Å². The highest BCUT2D eigenvalue weighted by atomic mass is 16.2. The Morgan fingerprint density at radius 2 is 1.96 bits per heavy atom.